The first kappa shape index (κ1) is 54.5. The lowest BCUT2D eigenvalue weighted by molar-refractivity contribution is 0.00578. The van der Waals surface area contributed by atoms with Gasteiger partial charge in [-0.2, -0.15) is 0 Å². The Labute approximate surface area is 439 Å². The Morgan fingerprint density at radius 3 is 1.10 bits per heavy atom. The van der Waals surface area contributed by atoms with Crippen molar-refractivity contribution in [2.24, 2.45) is 0 Å². The molecule has 7 nitrogen and oxygen atoms in total. The van der Waals surface area contributed by atoms with Crippen molar-refractivity contribution in [1.29, 1.82) is 0 Å². The van der Waals surface area contributed by atoms with Crippen LogP contribution in [-0.4, -0.2) is 55.0 Å². The lowest BCUT2D eigenvalue weighted by Gasteiger charge is -2.37. The van der Waals surface area contributed by atoms with Crippen LogP contribution < -0.4 is 10.9 Å². The molecule has 0 unspecified atom stereocenters. The average Bonchev–Trinajstić information content (AvgIpc) is 3.65. The smallest absolute Gasteiger partial charge is 0.462 e. The highest BCUT2D eigenvalue weighted by atomic mass is 79.9. The van der Waals surface area contributed by atoms with Crippen LogP contribution in [0.3, 0.4) is 0 Å². The molecule has 0 spiro atoms. The SMILES string of the molecule is Brc1ccc(C(c2ccc(Br)cc2)(c2ccc(Br)cc2)c2ccc(Br)cc2)cc1.CCCCCCCCCOC(=O)c1cc(B2OC(C)(C)C(C)(C)O2)c(C(C)=O)cc1B1OC(C)(C)C(C)(C)O1. The van der Waals surface area contributed by atoms with Crippen LogP contribution in [0.4, 0.5) is 0 Å². The fraction of sp³-hybridized carbons (Fsp3) is 0.418. The molecule has 2 fully saturated rings. The van der Waals surface area contributed by atoms with E-state index in [1.54, 1.807) is 12.1 Å². The highest BCUT2D eigenvalue weighted by Crippen LogP contribution is 2.46. The molecule has 2 saturated heterocycles. The molecule has 2 aliphatic heterocycles. The summed E-state index contributed by atoms with van der Waals surface area (Å²) in [5, 5.41) is 0. The third-order valence-corrected chi connectivity index (χ3v) is 16.0. The number of Topliss-reactive ketones (excluding diaryl/α,β-unsaturated/α-hetero) is 1. The van der Waals surface area contributed by atoms with Gasteiger partial charge < -0.3 is 23.4 Å². The van der Waals surface area contributed by atoms with E-state index in [0.29, 0.717) is 28.7 Å². The first-order valence-electron chi connectivity index (χ1n) is 23.6. The Bertz CT molecular complexity index is 2290. The Hall–Kier alpha value is -2.87. The lowest BCUT2D eigenvalue weighted by atomic mass is 9.65. The molecule has 0 bridgehead atoms. The minimum atomic E-state index is -0.832. The predicted octanol–water partition coefficient (Wildman–Crippen LogP) is 14.5. The Kier molecular flexibility index (Phi) is 18.2. The van der Waals surface area contributed by atoms with Crippen molar-refractivity contribution in [3.05, 3.63) is 160 Å². The van der Waals surface area contributed by atoms with E-state index in [1.807, 2.05) is 55.4 Å². The highest BCUT2D eigenvalue weighted by molar-refractivity contribution is 9.11. The van der Waals surface area contributed by atoms with Crippen molar-refractivity contribution in [1.82, 2.24) is 0 Å². The van der Waals surface area contributed by atoms with Crippen molar-refractivity contribution >= 4 is 101 Å². The van der Waals surface area contributed by atoms with E-state index < -0.39 is 48.0 Å². The molecule has 0 amide bonds. The van der Waals surface area contributed by atoms with E-state index in [-0.39, 0.29) is 5.78 Å². The topological polar surface area (TPSA) is 80.3 Å². The van der Waals surface area contributed by atoms with Gasteiger partial charge in [0, 0.05) is 23.5 Å². The van der Waals surface area contributed by atoms with Gasteiger partial charge in [-0.15, -0.1) is 0 Å². The lowest BCUT2D eigenvalue weighted by Crippen LogP contribution is -2.44. The van der Waals surface area contributed by atoms with E-state index in [1.165, 1.54) is 54.9 Å². The number of carbonyl (C=O) groups excluding carboxylic acids is 2. The van der Waals surface area contributed by atoms with Gasteiger partial charge in [-0.3, -0.25) is 4.79 Å². The molecule has 0 aromatic heterocycles. The zero-order valence-electron chi connectivity index (χ0n) is 41.1. The van der Waals surface area contributed by atoms with Crippen LogP contribution in [0.2, 0.25) is 0 Å². The number of hydrogen-bond donors (Lipinski definition) is 0. The fourth-order valence-corrected chi connectivity index (χ4v) is 9.60. The van der Waals surface area contributed by atoms with Crippen molar-refractivity contribution in [3.8, 4) is 0 Å². The number of unbranched alkanes of at least 4 members (excludes halogenated alkanes) is 6. The van der Waals surface area contributed by atoms with Gasteiger partial charge in [-0.05, 0) is 157 Å². The Morgan fingerprint density at radius 2 is 0.779 bits per heavy atom. The maximum atomic E-state index is 13.5. The monoisotopic (exact) mass is 1170 g/mol. The molecule has 360 valence electrons. The summed E-state index contributed by atoms with van der Waals surface area (Å²) in [4.78, 5) is 26.4. The molecule has 5 aromatic carbocycles. The molecule has 5 aromatic rings. The maximum absolute atomic E-state index is 13.5. The normalized spacial score (nSPS) is 16.9. The second-order valence-electron chi connectivity index (χ2n) is 19.8. The Balaban J connectivity index is 0.000000233. The Morgan fingerprint density at radius 1 is 0.485 bits per heavy atom. The molecule has 2 heterocycles. The second kappa shape index (κ2) is 22.7. The van der Waals surface area contributed by atoms with Crippen LogP contribution >= 0.6 is 63.7 Å². The molecule has 0 saturated carbocycles. The summed E-state index contributed by atoms with van der Waals surface area (Å²) >= 11 is 14.4. The standard InChI is InChI=1S/C30H48B2O7.C25H16Br4/c1-11-12-13-14-15-16-17-18-35-26(34)23-20-24(31-36-27(3,4)28(5,6)37-31)22(21(2)33)19-25(23)32-38-29(7,8)30(9,10)39-32;26-21-9-1-17(2-10-21)25(18-3-11-22(27)12-4-18,19-5-13-23(28)14-6-19)20-7-15-24(29)16-8-20/h19-20H,11-18H2,1-10H3;1-16H. The molecular formula is C55H64B2Br4O7. The van der Waals surface area contributed by atoms with Crippen LogP contribution in [-0.2, 0) is 28.8 Å². The third kappa shape index (κ3) is 12.2. The highest BCUT2D eigenvalue weighted by Gasteiger charge is 2.55. The zero-order chi connectivity index (χ0) is 49.7. The summed E-state index contributed by atoms with van der Waals surface area (Å²) in [6.45, 7) is 19.7. The van der Waals surface area contributed by atoms with E-state index in [0.717, 1.165) is 37.2 Å². The minimum Gasteiger partial charge on any atom is -0.462 e. The summed E-state index contributed by atoms with van der Waals surface area (Å²) in [7, 11) is -1.64. The van der Waals surface area contributed by atoms with Crippen LogP contribution in [0.25, 0.3) is 0 Å². The minimum absolute atomic E-state index is 0.166. The molecule has 0 atom stereocenters. The molecule has 13 heteroatoms. The van der Waals surface area contributed by atoms with Gasteiger partial charge in [-0.1, -0.05) is 164 Å². The number of ketones is 1. The first-order chi connectivity index (χ1) is 32.0. The van der Waals surface area contributed by atoms with Gasteiger partial charge in [0.25, 0.3) is 0 Å². The molecule has 7 rings (SSSR count). The number of halogens is 4. The molecule has 2 aliphatic rings. The summed E-state index contributed by atoms with van der Waals surface area (Å²) < 4.78 is 35.1. The van der Waals surface area contributed by atoms with Crippen molar-refractivity contribution in [2.45, 2.75) is 142 Å². The van der Waals surface area contributed by atoms with Crippen molar-refractivity contribution < 1.29 is 32.9 Å². The van der Waals surface area contributed by atoms with Gasteiger partial charge in [-0.25, -0.2) is 4.79 Å². The number of rotatable bonds is 16. The number of esters is 1. The largest absolute Gasteiger partial charge is 0.495 e. The summed E-state index contributed by atoms with van der Waals surface area (Å²) in [5.41, 5.74) is 3.67. The van der Waals surface area contributed by atoms with Crippen LogP contribution in [0, 0.1) is 0 Å². The molecular weight excluding hydrogens is 1110 g/mol. The van der Waals surface area contributed by atoms with E-state index in [9.17, 15) is 9.59 Å². The van der Waals surface area contributed by atoms with Crippen molar-refractivity contribution in [3.63, 3.8) is 0 Å². The van der Waals surface area contributed by atoms with Gasteiger partial charge in [0.05, 0.1) is 40.0 Å². The molecule has 0 N–H and O–H groups in total. The third-order valence-electron chi connectivity index (χ3n) is 13.9. The predicted molar refractivity (Wildman–Crippen MR) is 292 cm³/mol. The van der Waals surface area contributed by atoms with Gasteiger partial charge >= 0.3 is 20.2 Å². The number of hydrogen-bond acceptors (Lipinski definition) is 7. The quantitative estimate of drug-likeness (QED) is 0.0320. The van der Waals surface area contributed by atoms with Gasteiger partial charge in [0.1, 0.15) is 0 Å². The zero-order valence-corrected chi connectivity index (χ0v) is 47.4. The summed E-state index contributed by atoms with van der Waals surface area (Å²) in [5.74, 6) is -0.640. The van der Waals surface area contributed by atoms with Crippen LogP contribution in [0.5, 0.6) is 0 Å². The summed E-state index contributed by atoms with van der Waals surface area (Å²) in [6, 6.07) is 37.9. The molecule has 68 heavy (non-hydrogen) atoms. The van der Waals surface area contributed by atoms with Crippen LogP contribution in [0.1, 0.15) is 157 Å². The van der Waals surface area contributed by atoms with Crippen molar-refractivity contribution in [2.75, 3.05) is 6.61 Å². The number of ether oxygens (including phenoxy) is 1. The number of carbonyl (C=O) groups is 2. The maximum Gasteiger partial charge on any atom is 0.495 e. The van der Waals surface area contributed by atoms with Gasteiger partial charge in [0.15, 0.2) is 5.78 Å². The second-order valence-corrected chi connectivity index (χ2v) is 23.5. The van der Waals surface area contributed by atoms with E-state index >= 15 is 0 Å². The van der Waals surface area contributed by atoms with E-state index in [2.05, 4.69) is 168 Å². The summed E-state index contributed by atoms with van der Waals surface area (Å²) in [6.07, 6.45) is 7.89. The van der Waals surface area contributed by atoms with Gasteiger partial charge in [0.2, 0.25) is 0 Å². The van der Waals surface area contributed by atoms with Crippen LogP contribution in [0.15, 0.2) is 127 Å². The number of benzene rings is 5. The first-order valence-corrected chi connectivity index (χ1v) is 26.8. The fourth-order valence-electron chi connectivity index (χ4n) is 8.55. The van der Waals surface area contributed by atoms with E-state index in [4.69, 9.17) is 23.4 Å². The average molecular weight is 1180 g/mol. The molecule has 0 aliphatic carbocycles. The molecule has 0 radical (unpaired) electrons.